The van der Waals surface area contributed by atoms with Gasteiger partial charge in [-0.3, -0.25) is 9.59 Å². The highest BCUT2D eigenvalue weighted by Crippen LogP contribution is 1.63. The molecular weight excluding hydrogens is 172 g/mol. The molecule has 0 radical (unpaired) electrons. The van der Waals surface area contributed by atoms with E-state index in [1.54, 1.807) is 0 Å². The minimum Gasteiger partial charge on any atom is -0.369 e. The highest BCUT2D eigenvalue weighted by atomic mass is 32.1. The van der Waals surface area contributed by atoms with Gasteiger partial charge in [-0.05, 0) is 0 Å². The normalized spacial score (nSPS) is 7.40. The maximum atomic E-state index is 9.51. The second-order valence-corrected chi connectivity index (χ2v) is 1.88. The Labute approximate surface area is 70.2 Å². The number of nitrogens with two attached hydrogens (primary N) is 2. The average Bonchev–Trinajstić information content (AvgIpc) is 1.89. The Hall–Kier alpha value is -0.360. The average molecular weight is 182 g/mol. The monoisotopic (exact) mass is 182 g/mol. The molecule has 0 unspecified atom stereocenters. The Morgan fingerprint density at radius 2 is 1.10 bits per heavy atom. The fourth-order valence-corrected chi connectivity index (χ4v) is 0. The number of thiol groups is 2. The van der Waals surface area contributed by atoms with Crippen LogP contribution in [0.25, 0.3) is 0 Å². The Kier molecular flexibility index (Phi) is 10.7. The van der Waals surface area contributed by atoms with E-state index in [4.69, 9.17) is 0 Å². The van der Waals surface area contributed by atoms with E-state index in [1.165, 1.54) is 0 Å². The van der Waals surface area contributed by atoms with Crippen molar-refractivity contribution in [3.05, 3.63) is 0 Å². The van der Waals surface area contributed by atoms with E-state index in [9.17, 15) is 9.59 Å². The van der Waals surface area contributed by atoms with Crippen LogP contribution in [0, 0.1) is 0 Å². The summed E-state index contributed by atoms with van der Waals surface area (Å²) in [5, 5.41) is 0. The van der Waals surface area contributed by atoms with Gasteiger partial charge in [0.25, 0.3) is 0 Å². The number of carbonyl (C=O) groups excluding carboxylic acids is 2. The van der Waals surface area contributed by atoms with Crippen LogP contribution in [-0.4, -0.2) is 23.3 Å². The van der Waals surface area contributed by atoms with Gasteiger partial charge < -0.3 is 11.5 Å². The van der Waals surface area contributed by atoms with Crippen LogP contribution in [0.2, 0.25) is 0 Å². The first kappa shape index (κ1) is 12.3. The van der Waals surface area contributed by atoms with Crippen molar-refractivity contribution >= 4 is 37.1 Å². The summed E-state index contributed by atoms with van der Waals surface area (Å²) in [5.74, 6) is -0.485. The summed E-state index contributed by atoms with van der Waals surface area (Å²) < 4.78 is 0. The number of carbonyl (C=O) groups is 2. The molecule has 0 rings (SSSR count). The van der Waals surface area contributed by atoms with Crippen molar-refractivity contribution in [1.82, 2.24) is 0 Å². The maximum Gasteiger partial charge on any atom is 0.227 e. The lowest BCUT2D eigenvalue weighted by Crippen LogP contribution is -2.10. The van der Waals surface area contributed by atoms with Crippen molar-refractivity contribution in [3.8, 4) is 0 Å². The molecule has 0 aliphatic rings. The molecule has 0 aromatic carbocycles. The molecule has 4 N–H and O–H groups in total. The lowest BCUT2D eigenvalue weighted by Gasteiger charge is -1.72. The molecule has 0 aliphatic heterocycles. The highest BCUT2D eigenvalue weighted by molar-refractivity contribution is 7.81. The minimum atomic E-state index is -0.381. The van der Waals surface area contributed by atoms with Gasteiger partial charge in [-0.15, -0.1) is 0 Å². The molecule has 4 nitrogen and oxygen atoms in total. The molecule has 0 aliphatic carbocycles. The smallest absolute Gasteiger partial charge is 0.227 e. The largest absolute Gasteiger partial charge is 0.369 e. The van der Waals surface area contributed by atoms with E-state index < -0.39 is 0 Å². The Balaban J connectivity index is 0. The first-order valence-electron chi connectivity index (χ1n) is 2.33. The third kappa shape index (κ3) is 25.4. The van der Waals surface area contributed by atoms with Crippen molar-refractivity contribution < 1.29 is 9.59 Å². The summed E-state index contributed by atoms with van der Waals surface area (Å²) in [7, 11) is 0. The molecule has 10 heavy (non-hydrogen) atoms. The van der Waals surface area contributed by atoms with Crippen LogP contribution >= 0.6 is 25.3 Å². The molecule has 0 heterocycles. The van der Waals surface area contributed by atoms with E-state index in [2.05, 4.69) is 36.7 Å². The molecular formula is C4H10N2O2S2. The SMILES string of the molecule is NC(=O)CS.NC(=O)CS. The van der Waals surface area contributed by atoms with Gasteiger partial charge in [-0.2, -0.15) is 25.3 Å². The highest BCUT2D eigenvalue weighted by Gasteiger charge is 1.78. The van der Waals surface area contributed by atoms with Gasteiger partial charge in [0.15, 0.2) is 0 Å². The van der Waals surface area contributed by atoms with Crippen LogP contribution in [0.1, 0.15) is 0 Å². The predicted molar refractivity (Wildman–Crippen MR) is 46.1 cm³/mol. The van der Waals surface area contributed by atoms with Gasteiger partial charge in [0.2, 0.25) is 11.8 Å². The molecule has 0 aromatic heterocycles. The molecule has 0 aromatic rings. The summed E-state index contributed by atoms with van der Waals surface area (Å²) in [6, 6.07) is 0. The molecule has 0 saturated heterocycles. The number of rotatable bonds is 2. The van der Waals surface area contributed by atoms with Gasteiger partial charge in [0.1, 0.15) is 0 Å². The van der Waals surface area contributed by atoms with Crippen molar-refractivity contribution in [2.24, 2.45) is 11.5 Å². The number of primary amides is 2. The zero-order valence-electron chi connectivity index (χ0n) is 5.28. The molecule has 0 atom stereocenters. The van der Waals surface area contributed by atoms with E-state index in [1.807, 2.05) is 0 Å². The van der Waals surface area contributed by atoms with Crippen molar-refractivity contribution in [2.75, 3.05) is 11.5 Å². The van der Waals surface area contributed by atoms with Crippen LogP contribution in [0.15, 0.2) is 0 Å². The van der Waals surface area contributed by atoms with Crippen LogP contribution < -0.4 is 11.5 Å². The minimum absolute atomic E-state index is 0.139. The van der Waals surface area contributed by atoms with Gasteiger partial charge in [0, 0.05) is 0 Å². The van der Waals surface area contributed by atoms with E-state index in [0.717, 1.165) is 0 Å². The second kappa shape index (κ2) is 8.64. The fraction of sp³-hybridized carbons (Fsp3) is 0.500. The van der Waals surface area contributed by atoms with Gasteiger partial charge >= 0.3 is 0 Å². The Bertz CT molecular complexity index is 104. The van der Waals surface area contributed by atoms with Crippen molar-refractivity contribution in [3.63, 3.8) is 0 Å². The number of hydrogen-bond donors (Lipinski definition) is 4. The molecule has 2 amide bonds. The first-order chi connectivity index (χ1) is 4.54. The van der Waals surface area contributed by atoms with E-state index in [-0.39, 0.29) is 23.3 Å². The zero-order valence-corrected chi connectivity index (χ0v) is 7.07. The summed E-state index contributed by atoms with van der Waals surface area (Å²) >= 11 is 7.08. The second-order valence-electron chi connectivity index (χ2n) is 1.25. The van der Waals surface area contributed by atoms with Crippen LogP contribution in [0.5, 0.6) is 0 Å². The Morgan fingerprint density at radius 1 is 1.00 bits per heavy atom. The third-order valence-electron chi connectivity index (χ3n) is 0.312. The van der Waals surface area contributed by atoms with Crippen molar-refractivity contribution in [1.29, 1.82) is 0 Å². The maximum absolute atomic E-state index is 9.51. The van der Waals surface area contributed by atoms with Gasteiger partial charge in [-0.25, -0.2) is 0 Å². The molecule has 6 heteroatoms. The zero-order chi connectivity index (χ0) is 8.57. The van der Waals surface area contributed by atoms with Crippen LogP contribution in [0.3, 0.4) is 0 Å². The van der Waals surface area contributed by atoms with E-state index in [0.29, 0.717) is 0 Å². The third-order valence-corrected chi connectivity index (χ3v) is 0.935. The van der Waals surface area contributed by atoms with E-state index >= 15 is 0 Å². The summed E-state index contributed by atoms with van der Waals surface area (Å²) in [5.41, 5.74) is 9.15. The molecule has 0 bridgehead atoms. The number of hydrogen-bond acceptors (Lipinski definition) is 4. The number of amides is 2. The molecule has 0 saturated carbocycles. The van der Waals surface area contributed by atoms with Gasteiger partial charge in [-0.1, -0.05) is 0 Å². The quantitative estimate of drug-likeness (QED) is 0.404. The van der Waals surface area contributed by atoms with Crippen LogP contribution in [-0.2, 0) is 9.59 Å². The molecule has 0 spiro atoms. The summed E-state index contributed by atoms with van der Waals surface area (Å²) in [6.45, 7) is 0. The fourth-order valence-electron chi connectivity index (χ4n) is 0. The first-order valence-corrected chi connectivity index (χ1v) is 3.59. The standard InChI is InChI=1S/2C2H5NOS/c2*3-2(4)1-5/h2*5H,1H2,(H2,3,4). The molecule has 60 valence electrons. The lowest BCUT2D eigenvalue weighted by molar-refractivity contribution is -0.116. The predicted octanol–water partition coefficient (Wildman–Crippen LogP) is -1.20. The topological polar surface area (TPSA) is 86.2 Å². The molecule has 0 fully saturated rings. The summed E-state index contributed by atoms with van der Waals surface area (Å²) in [4.78, 5) is 19.0. The lowest BCUT2D eigenvalue weighted by atomic mass is 10.8. The summed E-state index contributed by atoms with van der Waals surface area (Å²) in [6.07, 6.45) is 0. The van der Waals surface area contributed by atoms with Crippen LogP contribution in [0.4, 0.5) is 0 Å². The van der Waals surface area contributed by atoms with Gasteiger partial charge in [0.05, 0.1) is 11.5 Å². The van der Waals surface area contributed by atoms with Crippen molar-refractivity contribution in [2.45, 2.75) is 0 Å². The Morgan fingerprint density at radius 3 is 1.10 bits per heavy atom.